The van der Waals surface area contributed by atoms with Gasteiger partial charge in [0.05, 0.1) is 25.1 Å². The van der Waals surface area contributed by atoms with Crippen molar-refractivity contribution in [2.24, 2.45) is 7.05 Å². The van der Waals surface area contributed by atoms with E-state index in [2.05, 4.69) is 46.1 Å². The van der Waals surface area contributed by atoms with Gasteiger partial charge in [-0.05, 0) is 61.5 Å². The van der Waals surface area contributed by atoms with E-state index in [-0.39, 0.29) is 5.97 Å². The van der Waals surface area contributed by atoms with Crippen molar-refractivity contribution >= 4 is 62.8 Å². The highest BCUT2D eigenvalue weighted by atomic mass is 35.5. The molecule has 8 bridgehead atoms. The van der Waals surface area contributed by atoms with Gasteiger partial charge in [-0.1, -0.05) is 35.9 Å². The average molecular weight is 672 g/mol. The molecule has 0 aliphatic carbocycles. The van der Waals surface area contributed by atoms with Crippen LogP contribution in [-0.4, -0.2) is 44.2 Å². The molecule has 0 amide bonds. The lowest BCUT2D eigenvalue weighted by Gasteiger charge is -2.14. The Kier molecular flexibility index (Phi) is 8.52. The number of halogens is 1. The summed E-state index contributed by atoms with van der Waals surface area (Å²) >= 11 is 10.5. The molecule has 3 aromatic carbocycles. The maximum Gasteiger partial charge on any atom is 0.354 e. The minimum Gasteiger partial charge on any atom is -0.493 e. The molecular weight excluding hydrogens is 638 g/mol. The number of hydrogen-bond donors (Lipinski definition) is 1. The molecule has 7 rings (SSSR count). The Hall–Kier alpha value is -3.86. The van der Waals surface area contributed by atoms with Gasteiger partial charge < -0.3 is 14.0 Å². The first-order valence-electron chi connectivity index (χ1n) is 15.2. The van der Waals surface area contributed by atoms with Crippen LogP contribution < -0.4 is 4.74 Å². The number of methoxy groups -OCH3 is 1. The van der Waals surface area contributed by atoms with Crippen LogP contribution in [0.1, 0.15) is 45.2 Å². The molecule has 0 unspecified atom stereocenters. The van der Waals surface area contributed by atoms with E-state index in [0.29, 0.717) is 36.0 Å². The second-order valence-electron chi connectivity index (χ2n) is 11.5. The lowest BCUT2D eigenvalue weighted by Crippen LogP contribution is -2.13. The van der Waals surface area contributed by atoms with Crippen molar-refractivity contribution in [3.63, 3.8) is 0 Å². The number of fused-ring (bicyclic) bond motifs is 8. The first-order valence-corrected chi connectivity index (χ1v) is 17.7. The number of benzene rings is 3. The highest BCUT2D eigenvalue weighted by molar-refractivity contribution is 7.98. The van der Waals surface area contributed by atoms with Crippen LogP contribution in [0.5, 0.6) is 5.75 Å². The summed E-state index contributed by atoms with van der Waals surface area (Å²) in [5, 5.41) is 16.5. The van der Waals surface area contributed by atoms with Crippen LogP contribution in [0.2, 0.25) is 5.02 Å². The SMILES string of the molecule is COC(=O)c1c(C)c2c3c(Cl)ccc2n1CCCOc1cc(cc2ccccc12)SCc1cc(nn1C)CSCc1n[nH]c(C)c1-3. The summed E-state index contributed by atoms with van der Waals surface area (Å²) in [6, 6.07) is 18.8. The summed E-state index contributed by atoms with van der Waals surface area (Å²) in [6.45, 7) is 5.03. The van der Waals surface area contributed by atoms with Gasteiger partial charge in [0.2, 0.25) is 0 Å². The molecule has 0 saturated heterocycles. The van der Waals surface area contributed by atoms with Gasteiger partial charge in [0.15, 0.2) is 0 Å². The number of carbonyl (C=O) groups is 1. The number of aromatic nitrogens is 5. The third kappa shape index (κ3) is 5.56. The Morgan fingerprint density at radius 2 is 1.91 bits per heavy atom. The van der Waals surface area contributed by atoms with Gasteiger partial charge in [0.25, 0.3) is 0 Å². The first-order chi connectivity index (χ1) is 22.3. The van der Waals surface area contributed by atoms with E-state index in [0.717, 1.165) is 83.3 Å². The zero-order chi connectivity index (χ0) is 31.9. The number of H-pyrrole nitrogens is 1. The molecule has 1 aliphatic heterocycles. The van der Waals surface area contributed by atoms with E-state index in [1.54, 1.807) is 23.5 Å². The second kappa shape index (κ2) is 12.7. The molecular formula is C35H34ClN5O3S2. The maximum absolute atomic E-state index is 13.3. The van der Waals surface area contributed by atoms with E-state index in [1.807, 2.05) is 43.8 Å². The molecule has 0 atom stereocenters. The lowest BCUT2D eigenvalue weighted by molar-refractivity contribution is 0.0587. The number of aryl methyl sites for hydroxylation is 4. The largest absolute Gasteiger partial charge is 0.493 e. The van der Waals surface area contributed by atoms with Crippen molar-refractivity contribution in [1.29, 1.82) is 0 Å². The van der Waals surface area contributed by atoms with Crippen LogP contribution in [0.25, 0.3) is 32.8 Å². The summed E-state index contributed by atoms with van der Waals surface area (Å²) in [7, 11) is 3.43. The molecule has 236 valence electrons. The first kappa shape index (κ1) is 30.8. The third-order valence-electron chi connectivity index (χ3n) is 8.56. The highest BCUT2D eigenvalue weighted by Gasteiger charge is 2.27. The van der Waals surface area contributed by atoms with Gasteiger partial charge in [-0.2, -0.15) is 10.2 Å². The summed E-state index contributed by atoms with van der Waals surface area (Å²) in [6.07, 6.45) is 0.682. The van der Waals surface area contributed by atoms with Crippen molar-refractivity contribution in [3.8, 4) is 16.9 Å². The number of thioether (sulfide) groups is 2. The number of hydrogen-bond acceptors (Lipinski definition) is 7. The molecule has 46 heavy (non-hydrogen) atoms. The predicted octanol–water partition coefficient (Wildman–Crippen LogP) is 8.48. The van der Waals surface area contributed by atoms with E-state index >= 15 is 0 Å². The van der Waals surface area contributed by atoms with Crippen molar-refractivity contribution in [3.05, 3.63) is 93.7 Å². The summed E-state index contributed by atoms with van der Waals surface area (Å²) in [5.41, 5.74) is 8.17. The van der Waals surface area contributed by atoms with Crippen LogP contribution in [0.15, 0.2) is 59.5 Å². The topological polar surface area (TPSA) is 87.0 Å². The van der Waals surface area contributed by atoms with Crippen LogP contribution in [0, 0.1) is 13.8 Å². The minimum atomic E-state index is -0.378. The zero-order valence-electron chi connectivity index (χ0n) is 26.1. The lowest BCUT2D eigenvalue weighted by atomic mass is 9.97. The van der Waals surface area contributed by atoms with Crippen molar-refractivity contribution in [1.82, 2.24) is 24.5 Å². The molecule has 1 N–H and O–H groups in total. The van der Waals surface area contributed by atoms with Gasteiger partial charge in [-0.3, -0.25) is 9.78 Å². The number of rotatable bonds is 1. The molecule has 0 saturated carbocycles. The monoisotopic (exact) mass is 671 g/mol. The molecule has 0 spiro atoms. The number of nitrogens with one attached hydrogen (secondary N) is 1. The predicted molar refractivity (Wildman–Crippen MR) is 187 cm³/mol. The Morgan fingerprint density at radius 3 is 2.76 bits per heavy atom. The molecule has 11 heteroatoms. The fraction of sp³-hybridized carbons (Fsp3) is 0.286. The van der Waals surface area contributed by atoms with E-state index in [9.17, 15) is 4.79 Å². The number of nitrogens with zero attached hydrogens (tertiary/aromatic N) is 4. The Bertz CT molecular complexity index is 2110. The summed E-state index contributed by atoms with van der Waals surface area (Å²) in [4.78, 5) is 14.4. The quantitative estimate of drug-likeness (QED) is 0.175. The summed E-state index contributed by atoms with van der Waals surface area (Å²) < 4.78 is 15.8. The number of ether oxygens (including phenoxy) is 2. The molecule has 1 aliphatic rings. The smallest absolute Gasteiger partial charge is 0.354 e. The Labute approximate surface area is 280 Å². The van der Waals surface area contributed by atoms with Gasteiger partial charge in [0.1, 0.15) is 11.4 Å². The molecule has 8 nitrogen and oxygen atoms in total. The van der Waals surface area contributed by atoms with Crippen LogP contribution in [0.3, 0.4) is 0 Å². The van der Waals surface area contributed by atoms with Crippen molar-refractivity contribution in [2.75, 3.05) is 13.7 Å². The molecule has 3 aromatic heterocycles. The second-order valence-corrected chi connectivity index (χ2v) is 13.9. The Morgan fingerprint density at radius 1 is 1.07 bits per heavy atom. The van der Waals surface area contributed by atoms with Crippen LogP contribution in [0.4, 0.5) is 0 Å². The molecule has 0 radical (unpaired) electrons. The van der Waals surface area contributed by atoms with Crippen molar-refractivity contribution in [2.45, 2.75) is 49.0 Å². The average Bonchev–Trinajstić information content (AvgIpc) is 3.69. The van der Waals surface area contributed by atoms with Crippen LogP contribution >= 0.6 is 35.1 Å². The highest BCUT2D eigenvalue weighted by Crippen LogP contribution is 2.43. The summed E-state index contributed by atoms with van der Waals surface area (Å²) in [5.74, 6) is 2.69. The van der Waals surface area contributed by atoms with E-state index in [4.69, 9.17) is 31.3 Å². The number of aromatic amines is 1. The van der Waals surface area contributed by atoms with Gasteiger partial charge in [0, 0.05) is 79.6 Å². The molecule has 6 aromatic rings. The van der Waals surface area contributed by atoms with Crippen molar-refractivity contribution < 1.29 is 14.3 Å². The Balaban J connectivity index is 1.35. The standard InChI is InChI=1S/C35H34ClN5O3S2/c1-20-31-29-11-10-27(36)33(31)32-21(2)37-38-28(32)19-45-17-23-15-24(40(3)39-23)18-46-25-14-22-8-5-6-9-26(22)30(16-25)44-13-7-12-41(29)34(20)35(42)43-4/h5-6,8-11,14-16H,7,12-13,17-19H2,1-4H3,(H,37,38). The van der Waals surface area contributed by atoms with Gasteiger partial charge >= 0.3 is 5.97 Å². The fourth-order valence-corrected chi connectivity index (χ4v) is 8.50. The third-order valence-corrected chi connectivity index (χ3v) is 10.9. The maximum atomic E-state index is 13.3. The molecule has 0 fully saturated rings. The number of esters is 1. The van der Waals surface area contributed by atoms with E-state index < -0.39 is 0 Å². The van der Waals surface area contributed by atoms with E-state index in [1.165, 1.54) is 7.11 Å². The van der Waals surface area contributed by atoms with Gasteiger partial charge in [-0.25, -0.2) is 4.79 Å². The van der Waals surface area contributed by atoms with Crippen LogP contribution in [-0.2, 0) is 35.6 Å². The minimum absolute atomic E-state index is 0.378. The zero-order valence-corrected chi connectivity index (χ0v) is 28.5. The number of carbonyl (C=O) groups excluding carboxylic acids is 1. The van der Waals surface area contributed by atoms with Gasteiger partial charge in [-0.15, -0.1) is 23.5 Å². The fourth-order valence-electron chi connectivity index (χ4n) is 6.41. The molecule has 4 heterocycles. The normalized spacial score (nSPS) is 14.2.